The highest BCUT2D eigenvalue weighted by Crippen LogP contribution is 2.20. The fraction of sp³-hybridized carbons (Fsp3) is 0.250. The first-order valence-corrected chi connectivity index (χ1v) is 10.7. The maximum Gasteiger partial charge on any atom is 0.254 e. The number of carbonyl (C=O) groups is 1. The average Bonchev–Trinajstić information content (AvgIpc) is 3.19. The molecule has 4 aromatic rings. The summed E-state index contributed by atoms with van der Waals surface area (Å²) in [5.74, 6) is 0.661. The minimum atomic E-state index is -0.00742. The maximum absolute atomic E-state index is 13.3. The van der Waals surface area contributed by atoms with Crippen LogP contribution in [0, 0.1) is 5.92 Å². The topological polar surface area (TPSA) is 84.7 Å². The van der Waals surface area contributed by atoms with Crippen LogP contribution in [-0.4, -0.2) is 56.5 Å². The number of ether oxygens (including phenoxy) is 1. The SMILES string of the molecule is O=C(c1cccc(Nc2ncccn2)c1)N1CCOC[C@@H](Cc2nccn3cccc23)C1. The number of amides is 1. The van der Waals surface area contributed by atoms with Gasteiger partial charge in [-0.3, -0.25) is 9.78 Å². The molecule has 1 aromatic carbocycles. The van der Waals surface area contributed by atoms with Gasteiger partial charge in [0.1, 0.15) is 0 Å². The lowest BCUT2D eigenvalue weighted by Crippen LogP contribution is -2.36. The largest absolute Gasteiger partial charge is 0.379 e. The molecule has 1 N–H and O–H groups in total. The monoisotopic (exact) mass is 428 g/mol. The molecule has 5 rings (SSSR count). The van der Waals surface area contributed by atoms with Crippen molar-refractivity contribution in [2.75, 3.05) is 31.6 Å². The van der Waals surface area contributed by atoms with Gasteiger partial charge in [-0.15, -0.1) is 0 Å². The fourth-order valence-electron chi connectivity index (χ4n) is 4.05. The Labute approximate surface area is 185 Å². The van der Waals surface area contributed by atoms with Crippen LogP contribution in [0.2, 0.25) is 0 Å². The van der Waals surface area contributed by atoms with Crippen LogP contribution in [0.4, 0.5) is 11.6 Å². The Morgan fingerprint density at radius 2 is 1.97 bits per heavy atom. The van der Waals surface area contributed by atoms with Crippen molar-refractivity contribution in [2.45, 2.75) is 6.42 Å². The summed E-state index contributed by atoms with van der Waals surface area (Å²) in [4.78, 5) is 28.1. The van der Waals surface area contributed by atoms with Gasteiger partial charge in [0, 0.05) is 61.2 Å². The minimum absolute atomic E-state index is 0.00742. The first-order valence-electron chi connectivity index (χ1n) is 10.7. The van der Waals surface area contributed by atoms with Crippen molar-refractivity contribution in [2.24, 2.45) is 5.92 Å². The molecule has 32 heavy (non-hydrogen) atoms. The number of hydrogen-bond acceptors (Lipinski definition) is 6. The van der Waals surface area contributed by atoms with E-state index in [1.807, 2.05) is 53.8 Å². The van der Waals surface area contributed by atoms with E-state index in [2.05, 4.69) is 30.7 Å². The molecule has 1 saturated heterocycles. The van der Waals surface area contributed by atoms with E-state index in [0.29, 0.717) is 37.8 Å². The summed E-state index contributed by atoms with van der Waals surface area (Å²) in [5, 5.41) is 3.14. The van der Waals surface area contributed by atoms with Crippen molar-refractivity contribution in [3.63, 3.8) is 0 Å². The third kappa shape index (κ3) is 4.45. The first kappa shape index (κ1) is 20.1. The third-order valence-corrected chi connectivity index (χ3v) is 5.57. The second kappa shape index (κ2) is 9.15. The molecule has 0 radical (unpaired) electrons. The highest BCUT2D eigenvalue weighted by molar-refractivity contribution is 5.95. The van der Waals surface area contributed by atoms with Crippen molar-refractivity contribution in [3.05, 3.63) is 84.7 Å². The molecule has 1 fully saturated rings. The van der Waals surface area contributed by atoms with Gasteiger partial charge in [0.2, 0.25) is 5.95 Å². The summed E-state index contributed by atoms with van der Waals surface area (Å²) in [6.07, 6.45) is 9.88. The fourth-order valence-corrected chi connectivity index (χ4v) is 4.05. The molecule has 0 spiro atoms. The van der Waals surface area contributed by atoms with Crippen molar-refractivity contribution in [3.8, 4) is 0 Å². The Morgan fingerprint density at radius 3 is 2.88 bits per heavy atom. The van der Waals surface area contributed by atoms with Crippen LogP contribution >= 0.6 is 0 Å². The zero-order chi connectivity index (χ0) is 21.8. The van der Waals surface area contributed by atoms with Crippen LogP contribution in [0.1, 0.15) is 16.1 Å². The lowest BCUT2D eigenvalue weighted by atomic mass is 10.0. The van der Waals surface area contributed by atoms with E-state index in [1.165, 1.54) is 0 Å². The van der Waals surface area contributed by atoms with E-state index >= 15 is 0 Å². The van der Waals surface area contributed by atoms with Gasteiger partial charge in [0.05, 0.1) is 24.4 Å². The van der Waals surface area contributed by atoms with E-state index in [4.69, 9.17) is 4.74 Å². The molecule has 1 aliphatic heterocycles. The number of rotatable bonds is 5. The molecule has 1 atom stereocenters. The second-order valence-corrected chi connectivity index (χ2v) is 7.85. The van der Waals surface area contributed by atoms with E-state index in [0.717, 1.165) is 23.3 Å². The first-order chi connectivity index (χ1) is 15.8. The highest BCUT2D eigenvalue weighted by atomic mass is 16.5. The number of aromatic nitrogens is 4. The number of benzene rings is 1. The molecule has 0 bridgehead atoms. The predicted octanol–water partition coefficient (Wildman–Crippen LogP) is 3.20. The summed E-state index contributed by atoms with van der Waals surface area (Å²) in [6, 6.07) is 13.3. The molecular weight excluding hydrogens is 404 g/mol. The van der Waals surface area contributed by atoms with Gasteiger partial charge in [-0.05, 0) is 42.8 Å². The van der Waals surface area contributed by atoms with Crippen LogP contribution in [0.15, 0.2) is 73.4 Å². The quantitative estimate of drug-likeness (QED) is 0.526. The van der Waals surface area contributed by atoms with Crippen LogP contribution in [0.5, 0.6) is 0 Å². The number of nitrogens with one attached hydrogen (secondary N) is 1. The normalized spacial score (nSPS) is 16.6. The number of nitrogens with zero attached hydrogens (tertiary/aromatic N) is 5. The van der Waals surface area contributed by atoms with Crippen molar-refractivity contribution < 1.29 is 9.53 Å². The Bertz CT molecular complexity index is 1210. The smallest absolute Gasteiger partial charge is 0.254 e. The molecule has 0 saturated carbocycles. The summed E-state index contributed by atoms with van der Waals surface area (Å²) in [5.41, 5.74) is 3.51. The van der Waals surface area contributed by atoms with Crippen LogP contribution < -0.4 is 5.32 Å². The van der Waals surface area contributed by atoms with Gasteiger partial charge < -0.3 is 19.4 Å². The Morgan fingerprint density at radius 1 is 1.06 bits per heavy atom. The van der Waals surface area contributed by atoms with Crippen molar-refractivity contribution >= 4 is 23.1 Å². The summed E-state index contributed by atoms with van der Waals surface area (Å²) >= 11 is 0. The van der Waals surface area contributed by atoms with Crippen LogP contribution in [-0.2, 0) is 11.2 Å². The lowest BCUT2D eigenvalue weighted by molar-refractivity contribution is 0.0737. The molecule has 8 heteroatoms. The van der Waals surface area contributed by atoms with E-state index in [9.17, 15) is 4.79 Å². The number of carbonyl (C=O) groups excluding carboxylic acids is 1. The number of anilines is 2. The molecule has 0 aliphatic carbocycles. The van der Waals surface area contributed by atoms with Gasteiger partial charge in [0.15, 0.2) is 0 Å². The standard InChI is InChI=1S/C24H24N6O2/c31-23(19-4-1-5-20(15-19)28-24-26-7-3-8-27-24)30-12-13-32-17-18(16-30)14-21-22-6-2-10-29(22)11-9-25-21/h1-11,15,18H,12-14,16-17H2,(H,26,27,28)/t18-/m0/s1. The molecule has 3 aromatic heterocycles. The molecule has 1 aliphatic rings. The number of fused-ring (bicyclic) bond motifs is 1. The zero-order valence-corrected chi connectivity index (χ0v) is 17.6. The molecule has 0 unspecified atom stereocenters. The van der Waals surface area contributed by atoms with Gasteiger partial charge in [0.25, 0.3) is 5.91 Å². The van der Waals surface area contributed by atoms with E-state index in [-0.39, 0.29) is 11.8 Å². The Kier molecular flexibility index (Phi) is 5.76. The zero-order valence-electron chi connectivity index (χ0n) is 17.6. The van der Waals surface area contributed by atoms with Gasteiger partial charge >= 0.3 is 0 Å². The summed E-state index contributed by atoms with van der Waals surface area (Å²) < 4.78 is 7.90. The average molecular weight is 428 g/mol. The highest BCUT2D eigenvalue weighted by Gasteiger charge is 2.24. The minimum Gasteiger partial charge on any atom is -0.379 e. The Hall–Kier alpha value is -3.78. The molecule has 4 heterocycles. The second-order valence-electron chi connectivity index (χ2n) is 7.85. The van der Waals surface area contributed by atoms with Crippen LogP contribution in [0.25, 0.3) is 5.52 Å². The van der Waals surface area contributed by atoms with Crippen molar-refractivity contribution in [1.82, 2.24) is 24.3 Å². The van der Waals surface area contributed by atoms with Gasteiger partial charge in [-0.2, -0.15) is 0 Å². The molecule has 162 valence electrons. The molecule has 1 amide bonds. The third-order valence-electron chi connectivity index (χ3n) is 5.57. The predicted molar refractivity (Wildman–Crippen MR) is 121 cm³/mol. The number of hydrogen-bond donors (Lipinski definition) is 1. The van der Waals surface area contributed by atoms with Crippen LogP contribution in [0.3, 0.4) is 0 Å². The van der Waals surface area contributed by atoms with Gasteiger partial charge in [-0.1, -0.05) is 6.07 Å². The maximum atomic E-state index is 13.3. The summed E-state index contributed by atoms with van der Waals surface area (Å²) in [6.45, 7) is 2.33. The lowest BCUT2D eigenvalue weighted by Gasteiger charge is -2.24. The Balaban J connectivity index is 1.31. The van der Waals surface area contributed by atoms with Gasteiger partial charge in [-0.25, -0.2) is 9.97 Å². The van der Waals surface area contributed by atoms with Crippen molar-refractivity contribution in [1.29, 1.82) is 0 Å². The van der Waals surface area contributed by atoms with E-state index < -0.39 is 0 Å². The summed E-state index contributed by atoms with van der Waals surface area (Å²) in [7, 11) is 0. The molecular formula is C24H24N6O2. The van der Waals surface area contributed by atoms with E-state index in [1.54, 1.807) is 18.5 Å². The molecule has 8 nitrogen and oxygen atoms in total.